The van der Waals surface area contributed by atoms with Gasteiger partial charge in [-0.3, -0.25) is 0 Å². The Hall–Kier alpha value is -1.32. The van der Waals surface area contributed by atoms with Crippen molar-refractivity contribution in [3.05, 3.63) is 0 Å². The number of amides is 1. The molecule has 1 amide bonds. The number of rotatable bonds is 5. The van der Waals surface area contributed by atoms with Crippen LogP contribution in [0.4, 0.5) is 4.79 Å². The monoisotopic (exact) mass is 325 g/mol. The number of piperidine rings is 1. The maximum Gasteiger partial charge on any atom is 0.410 e. The van der Waals surface area contributed by atoms with Crippen LogP contribution in [0.3, 0.4) is 0 Å². The summed E-state index contributed by atoms with van der Waals surface area (Å²) < 4.78 is 5.39. The average molecular weight is 325 g/mol. The van der Waals surface area contributed by atoms with Gasteiger partial charge in [0.05, 0.1) is 17.6 Å². The fraction of sp³-hybridized carbons (Fsp3) is 0.882. The van der Waals surface area contributed by atoms with Crippen molar-refractivity contribution in [3.8, 4) is 6.07 Å². The SMILES string of the molecule is CC(CC1(C#N)CCN(C(=O)OC(C)(C)C)CC1)NC[C@H](C)O. The summed E-state index contributed by atoms with van der Waals surface area (Å²) in [7, 11) is 0. The van der Waals surface area contributed by atoms with Crippen LogP contribution in [-0.4, -0.2) is 53.5 Å². The van der Waals surface area contributed by atoms with E-state index >= 15 is 0 Å². The Morgan fingerprint density at radius 1 is 1.39 bits per heavy atom. The number of nitriles is 1. The van der Waals surface area contributed by atoms with Crippen LogP contribution in [-0.2, 0) is 4.74 Å². The molecule has 2 atom stereocenters. The molecule has 0 aromatic rings. The largest absolute Gasteiger partial charge is 0.444 e. The first-order valence-electron chi connectivity index (χ1n) is 8.37. The van der Waals surface area contributed by atoms with Crippen LogP contribution in [0.5, 0.6) is 0 Å². The van der Waals surface area contributed by atoms with Gasteiger partial charge in [-0.15, -0.1) is 0 Å². The van der Waals surface area contributed by atoms with E-state index in [0.717, 1.165) is 6.42 Å². The van der Waals surface area contributed by atoms with Gasteiger partial charge in [0.2, 0.25) is 0 Å². The van der Waals surface area contributed by atoms with Gasteiger partial charge in [0.25, 0.3) is 0 Å². The lowest BCUT2D eigenvalue weighted by Gasteiger charge is -2.39. The highest BCUT2D eigenvalue weighted by molar-refractivity contribution is 5.68. The number of nitrogens with one attached hydrogen (secondary N) is 1. The second-order valence-electron chi connectivity index (χ2n) is 7.72. The summed E-state index contributed by atoms with van der Waals surface area (Å²) >= 11 is 0. The molecule has 1 heterocycles. The summed E-state index contributed by atoms with van der Waals surface area (Å²) in [6.45, 7) is 10.9. The Balaban J connectivity index is 2.53. The average Bonchev–Trinajstić information content (AvgIpc) is 2.44. The molecule has 0 saturated carbocycles. The number of carbonyl (C=O) groups is 1. The molecule has 0 aromatic heterocycles. The lowest BCUT2D eigenvalue weighted by molar-refractivity contribution is 0.0136. The molecule has 0 spiro atoms. The summed E-state index contributed by atoms with van der Waals surface area (Å²) in [5, 5.41) is 22.2. The summed E-state index contributed by atoms with van der Waals surface area (Å²) in [5.74, 6) is 0. The van der Waals surface area contributed by atoms with Crippen molar-refractivity contribution in [2.24, 2.45) is 5.41 Å². The van der Waals surface area contributed by atoms with E-state index in [4.69, 9.17) is 4.74 Å². The molecule has 2 N–H and O–H groups in total. The quantitative estimate of drug-likeness (QED) is 0.810. The number of hydrogen-bond acceptors (Lipinski definition) is 5. The van der Waals surface area contributed by atoms with E-state index in [0.29, 0.717) is 32.5 Å². The van der Waals surface area contributed by atoms with E-state index in [9.17, 15) is 15.2 Å². The molecule has 0 aromatic carbocycles. The van der Waals surface area contributed by atoms with Crippen LogP contribution in [0.2, 0.25) is 0 Å². The van der Waals surface area contributed by atoms with Gasteiger partial charge >= 0.3 is 6.09 Å². The van der Waals surface area contributed by atoms with E-state index in [2.05, 4.69) is 11.4 Å². The normalized spacial score (nSPS) is 20.5. The molecule has 0 bridgehead atoms. The number of ether oxygens (including phenoxy) is 1. The minimum atomic E-state index is -0.500. The standard InChI is InChI=1S/C17H31N3O3/c1-13(19-11-14(2)21)10-17(12-18)6-8-20(9-7-17)15(22)23-16(3,4)5/h13-14,19,21H,6-11H2,1-5H3/t13?,14-/m0/s1. The molecule has 1 unspecified atom stereocenters. The Morgan fingerprint density at radius 2 is 1.96 bits per heavy atom. The fourth-order valence-corrected chi connectivity index (χ4v) is 2.84. The van der Waals surface area contributed by atoms with Crippen LogP contribution < -0.4 is 5.32 Å². The summed E-state index contributed by atoms with van der Waals surface area (Å²) in [6, 6.07) is 2.61. The molecule has 1 fully saturated rings. The molecule has 1 rings (SSSR count). The summed E-state index contributed by atoms with van der Waals surface area (Å²) in [6.07, 6.45) is 1.33. The third kappa shape index (κ3) is 6.76. The predicted molar refractivity (Wildman–Crippen MR) is 88.8 cm³/mol. The molecule has 1 saturated heterocycles. The first-order valence-corrected chi connectivity index (χ1v) is 8.37. The van der Waals surface area contributed by atoms with Gasteiger partial charge in [0.15, 0.2) is 0 Å². The zero-order chi connectivity index (χ0) is 17.7. The van der Waals surface area contributed by atoms with Crippen molar-refractivity contribution < 1.29 is 14.6 Å². The van der Waals surface area contributed by atoms with Crippen LogP contribution in [0.25, 0.3) is 0 Å². The van der Waals surface area contributed by atoms with Crippen LogP contribution >= 0.6 is 0 Å². The molecule has 23 heavy (non-hydrogen) atoms. The second-order valence-corrected chi connectivity index (χ2v) is 7.72. The van der Waals surface area contributed by atoms with Gasteiger partial charge in [-0.25, -0.2) is 4.79 Å². The molecule has 0 radical (unpaired) electrons. The third-order valence-corrected chi connectivity index (χ3v) is 4.07. The highest BCUT2D eigenvalue weighted by atomic mass is 16.6. The predicted octanol–water partition coefficient (Wildman–Crippen LogP) is 2.28. The van der Waals surface area contributed by atoms with Crippen LogP contribution in [0, 0.1) is 16.7 Å². The highest BCUT2D eigenvalue weighted by Crippen LogP contribution is 2.35. The van der Waals surface area contributed by atoms with Crippen molar-refractivity contribution in [1.29, 1.82) is 5.26 Å². The lowest BCUT2D eigenvalue weighted by atomic mass is 9.75. The number of nitrogens with zero attached hydrogens (tertiary/aromatic N) is 2. The molecule has 0 aliphatic carbocycles. The highest BCUT2D eigenvalue weighted by Gasteiger charge is 2.38. The second kappa shape index (κ2) is 7.98. The van der Waals surface area contributed by atoms with Crippen molar-refractivity contribution in [2.75, 3.05) is 19.6 Å². The topological polar surface area (TPSA) is 85.6 Å². The maximum atomic E-state index is 12.1. The van der Waals surface area contributed by atoms with E-state index in [1.54, 1.807) is 11.8 Å². The maximum absolute atomic E-state index is 12.1. The lowest BCUT2D eigenvalue weighted by Crippen LogP contribution is -2.46. The van der Waals surface area contributed by atoms with Gasteiger partial charge in [-0.1, -0.05) is 0 Å². The van der Waals surface area contributed by atoms with Gasteiger partial charge in [-0.05, 0) is 53.9 Å². The van der Waals surface area contributed by atoms with Crippen LogP contribution in [0.1, 0.15) is 53.9 Å². The molecular formula is C17H31N3O3. The zero-order valence-electron chi connectivity index (χ0n) is 15.1. The van der Waals surface area contributed by atoms with Gasteiger partial charge in [-0.2, -0.15) is 5.26 Å². The number of aliphatic hydroxyl groups excluding tert-OH is 1. The Kier molecular flexibility index (Phi) is 6.84. The first-order chi connectivity index (χ1) is 10.6. The summed E-state index contributed by atoms with van der Waals surface area (Å²) in [4.78, 5) is 13.8. The van der Waals surface area contributed by atoms with Crippen molar-refractivity contribution >= 4 is 6.09 Å². The number of likely N-dealkylation sites (tertiary alicyclic amines) is 1. The van der Waals surface area contributed by atoms with E-state index in [-0.39, 0.29) is 12.1 Å². The van der Waals surface area contributed by atoms with E-state index < -0.39 is 17.1 Å². The fourth-order valence-electron chi connectivity index (χ4n) is 2.84. The van der Waals surface area contributed by atoms with E-state index in [1.807, 2.05) is 27.7 Å². The van der Waals surface area contributed by atoms with Gasteiger partial charge in [0.1, 0.15) is 5.60 Å². The van der Waals surface area contributed by atoms with Crippen molar-refractivity contribution in [3.63, 3.8) is 0 Å². The Labute approximate surface area is 139 Å². The van der Waals surface area contributed by atoms with Crippen molar-refractivity contribution in [1.82, 2.24) is 10.2 Å². The minimum Gasteiger partial charge on any atom is -0.444 e. The van der Waals surface area contributed by atoms with Crippen LogP contribution in [0.15, 0.2) is 0 Å². The molecule has 6 nitrogen and oxygen atoms in total. The van der Waals surface area contributed by atoms with Crippen molar-refractivity contribution in [2.45, 2.75) is 71.6 Å². The van der Waals surface area contributed by atoms with Gasteiger partial charge in [0, 0.05) is 25.7 Å². The molecule has 1 aliphatic rings. The number of hydrogen-bond donors (Lipinski definition) is 2. The Bertz CT molecular complexity index is 429. The number of aliphatic hydroxyl groups is 1. The zero-order valence-corrected chi connectivity index (χ0v) is 15.1. The number of carbonyl (C=O) groups excluding carboxylic acids is 1. The molecule has 6 heteroatoms. The van der Waals surface area contributed by atoms with E-state index in [1.165, 1.54) is 0 Å². The first kappa shape index (κ1) is 19.7. The molecule has 1 aliphatic heterocycles. The Morgan fingerprint density at radius 3 is 2.39 bits per heavy atom. The molecule has 132 valence electrons. The summed E-state index contributed by atoms with van der Waals surface area (Å²) in [5.41, 5.74) is -0.913. The molecular weight excluding hydrogens is 294 g/mol. The smallest absolute Gasteiger partial charge is 0.410 e. The minimum absolute atomic E-state index is 0.150. The van der Waals surface area contributed by atoms with Gasteiger partial charge < -0.3 is 20.1 Å². The third-order valence-electron chi connectivity index (χ3n) is 4.07.